The zero-order valence-electron chi connectivity index (χ0n) is 18.8. The van der Waals surface area contributed by atoms with Crippen LogP contribution < -0.4 is 16.0 Å². The molecular formula is C23H27N7O2S. The van der Waals surface area contributed by atoms with E-state index in [2.05, 4.69) is 37.5 Å². The fraction of sp³-hybridized carbons (Fsp3) is 0.261. The molecule has 1 unspecified atom stereocenters. The Morgan fingerprint density at radius 3 is 2.64 bits per heavy atom. The standard InChI is InChI=1S/C23H27N7O2S/c1-5-21(31)30(4)15(2)22(32)25-12-11-24-19-13-20(28-16(3)27-19)29-23-26-14-18(33-23)17-9-7-6-8-10-17/h5-10,13-15H,1,11-12H2,2-4H3,(H,25,32)(H2,24,26,27,28,29). The van der Waals surface area contributed by atoms with Crippen molar-refractivity contribution >= 4 is 39.9 Å². The molecule has 10 heteroatoms. The third kappa shape index (κ3) is 6.59. The summed E-state index contributed by atoms with van der Waals surface area (Å²) in [5.41, 5.74) is 1.11. The van der Waals surface area contributed by atoms with Crippen LogP contribution in [0.3, 0.4) is 0 Å². The summed E-state index contributed by atoms with van der Waals surface area (Å²) >= 11 is 1.54. The number of thiazole rings is 1. The first-order valence-electron chi connectivity index (χ1n) is 10.4. The van der Waals surface area contributed by atoms with Crippen LogP contribution in [0, 0.1) is 6.92 Å². The van der Waals surface area contributed by atoms with E-state index in [1.165, 1.54) is 11.0 Å². The Bertz CT molecular complexity index is 1120. The molecule has 2 amide bonds. The number of carbonyl (C=O) groups excluding carboxylic acids is 2. The monoisotopic (exact) mass is 465 g/mol. The van der Waals surface area contributed by atoms with Crippen molar-refractivity contribution in [3.63, 3.8) is 0 Å². The first-order valence-corrected chi connectivity index (χ1v) is 11.2. The molecule has 0 fully saturated rings. The van der Waals surface area contributed by atoms with Gasteiger partial charge in [0.05, 0.1) is 4.88 Å². The third-order valence-corrected chi connectivity index (χ3v) is 5.81. The van der Waals surface area contributed by atoms with Crippen LogP contribution in [0.15, 0.2) is 55.3 Å². The Morgan fingerprint density at radius 1 is 1.18 bits per heavy atom. The van der Waals surface area contributed by atoms with E-state index >= 15 is 0 Å². The Hall–Kier alpha value is -3.79. The SMILES string of the molecule is C=CC(=O)N(C)C(C)C(=O)NCCNc1cc(Nc2ncc(-c3ccccc3)s2)nc(C)n1. The molecule has 0 spiro atoms. The highest BCUT2D eigenvalue weighted by molar-refractivity contribution is 7.18. The van der Waals surface area contributed by atoms with Crippen LogP contribution in [-0.4, -0.2) is 57.8 Å². The lowest BCUT2D eigenvalue weighted by molar-refractivity contribution is -0.134. The highest BCUT2D eigenvalue weighted by atomic mass is 32.1. The summed E-state index contributed by atoms with van der Waals surface area (Å²) in [7, 11) is 1.57. The van der Waals surface area contributed by atoms with Gasteiger partial charge in [-0.3, -0.25) is 9.59 Å². The molecule has 2 aromatic heterocycles. The van der Waals surface area contributed by atoms with Gasteiger partial charge in [-0.25, -0.2) is 15.0 Å². The van der Waals surface area contributed by atoms with E-state index in [1.807, 2.05) is 43.5 Å². The minimum atomic E-state index is -0.591. The van der Waals surface area contributed by atoms with Gasteiger partial charge in [0, 0.05) is 32.4 Å². The van der Waals surface area contributed by atoms with Crippen molar-refractivity contribution in [2.45, 2.75) is 19.9 Å². The summed E-state index contributed by atoms with van der Waals surface area (Å²) in [5.74, 6) is 1.31. The molecule has 1 atom stereocenters. The molecule has 1 aromatic carbocycles. The van der Waals surface area contributed by atoms with Crippen LogP contribution in [-0.2, 0) is 9.59 Å². The lowest BCUT2D eigenvalue weighted by atomic mass is 10.2. The number of aromatic nitrogens is 3. The first kappa shape index (κ1) is 23.9. The Morgan fingerprint density at radius 2 is 1.91 bits per heavy atom. The number of benzene rings is 1. The normalized spacial score (nSPS) is 11.4. The van der Waals surface area contributed by atoms with Crippen molar-refractivity contribution < 1.29 is 9.59 Å². The van der Waals surface area contributed by atoms with Crippen LogP contribution in [0.5, 0.6) is 0 Å². The fourth-order valence-corrected chi connectivity index (χ4v) is 3.76. The van der Waals surface area contributed by atoms with Gasteiger partial charge in [0.25, 0.3) is 0 Å². The number of amides is 2. The van der Waals surface area contributed by atoms with Crippen LogP contribution in [0.2, 0.25) is 0 Å². The molecule has 33 heavy (non-hydrogen) atoms. The summed E-state index contributed by atoms with van der Waals surface area (Å²) < 4.78 is 0. The topological polar surface area (TPSA) is 112 Å². The largest absolute Gasteiger partial charge is 0.368 e. The average Bonchev–Trinajstić information content (AvgIpc) is 3.28. The maximum absolute atomic E-state index is 12.2. The zero-order valence-corrected chi connectivity index (χ0v) is 19.6. The molecule has 2 heterocycles. The number of anilines is 3. The minimum Gasteiger partial charge on any atom is -0.368 e. The number of nitrogens with zero attached hydrogens (tertiary/aromatic N) is 4. The quantitative estimate of drug-likeness (QED) is 0.311. The number of carbonyl (C=O) groups is 2. The molecule has 3 aromatic rings. The smallest absolute Gasteiger partial charge is 0.246 e. The predicted molar refractivity (Wildman–Crippen MR) is 132 cm³/mol. The molecule has 0 aliphatic heterocycles. The van der Waals surface area contributed by atoms with Crippen LogP contribution in [0.1, 0.15) is 12.7 Å². The van der Waals surface area contributed by atoms with Crippen molar-refractivity contribution in [1.82, 2.24) is 25.2 Å². The number of aryl methyl sites for hydroxylation is 1. The van der Waals surface area contributed by atoms with Gasteiger partial charge in [0.15, 0.2) is 5.13 Å². The van der Waals surface area contributed by atoms with E-state index in [4.69, 9.17) is 0 Å². The summed E-state index contributed by atoms with van der Waals surface area (Å²) in [4.78, 5) is 39.5. The van der Waals surface area contributed by atoms with Crippen LogP contribution in [0.4, 0.5) is 16.8 Å². The zero-order chi connectivity index (χ0) is 23.8. The molecule has 9 nitrogen and oxygen atoms in total. The molecule has 0 saturated heterocycles. The number of nitrogens with one attached hydrogen (secondary N) is 3. The van der Waals surface area contributed by atoms with Gasteiger partial charge in [-0.05, 0) is 25.5 Å². The fourth-order valence-electron chi connectivity index (χ4n) is 2.93. The van der Waals surface area contributed by atoms with Crippen molar-refractivity contribution in [1.29, 1.82) is 0 Å². The van der Waals surface area contributed by atoms with E-state index in [-0.39, 0.29) is 11.8 Å². The second kappa shape index (κ2) is 11.2. The predicted octanol–water partition coefficient (Wildman–Crippen LogP) is 3.21. The van der Waals surface area contributed by atoms with E-state index in [0.717, 1.165) is 15.6 Å². The number of hydrogen-bond acceptors (Lipinski definition) is 8. The number of hydrogen-bond donors (Lipinski definition) is 3. The van der Waals surface area contributed by atoms with Gasteiger partial charge < -0.3 is 20.9 Å². The maximum atomic E-state index is 12.2. The molecule has 3 N–H and O–H groups in total. The lowest BCUT2D eigenvalue weighted by Gasteiger charge is -2.22. The van der Waals surface area contributed by atoms with Gasteiger partial charge >= 0.3 is 0 Å². The van der Waals surface area contributed by atoms with Crippen molar-refractivity contribution in [2.75, 3.05) is 30.8 Å². The lowest BCUT2D eigenvalue weighted by Crippen LogP contribution is -2.46. The Labute approximate surface area is 197 Å². The second-order valence-electron chi connectivity index (χ2n) is 7.25. The van der Waals surface area contributed by atoms with Gasteiger partial charge in [0.1, 0.15) is 23.5 Å². The van der Waals surface area contributed by atoms with Gasteiger partial charge in [-0.1, -0.05) is 48.2 Å². The summed E-state index contributed by atoms with van der Waals surface area (Å²) in [5, 5.41) is 9.95. The van der Waals surface area contributed by atoms with Gasteiger partial charge in [-0.15, -0.1) is 0 Å². The second-order valence-corrected chi connectivity index (χ2v) is 8.28. The maximum Gasteiger partial charge on any atom is 0.246 e. The molecular weight excluding hydrogens is 438 g/mol. The number of rotatable bonds is 10. The number of likely N-dealkylation sites (N-methyl/N-ethyl adjacent to an activating group) is 1. The molecule has 172 valence electrons. The van der Waals surface area contributed by atoms with E-state index < -0.39 is 6.04 Å². The summed E-state index contributed by atoms with van der Waals surface area (Å²) in [6.07, 6.45) is 3.02. The van der Waals surface area contributed by atoms with E-state index in [9.17, 15) is 9.59 Å². The van der Waals surface area contributed by atoms with E-state index in [1.54, 1.807) is 31.4 Å². The first-order chi connectivity index (χ1) is 15.9. The van der Waals surface area contributed by atoms with Crippen LogP contribution in [0.25, 0.3) is 10.4 Å². The molecule has 0 aliphatic rings. The minimum absolute atomic E-state index is 0.242. The third-order valence-electron chi connectivity index (χ3n) is 4.85. The van der Waals surface area contributed by atoms with Crippen molar-refractivity contribution in [2.24, 2.45) is 0 Å². The van der Waals surface area contributed by atoms with Crippen LogP contribution >= 0.6 is 11.3 Å². The summed E-state index contributed by atoms with van der Waals surface area (Å²) in [6, 6.07) is 11.3. The van der Waals surface area contributed by atoms with Gasteiger partial charge in [-0.2, -0.15) is 0 Å². The molecule has 3 rings (SSSR count). The van der Waals surface area contributed by atoms with Gasteiger partial charge in [0.2, 0.25) is 11.8 Å². The van der Waals surface area contributed by atoms with Crippen molar-refractivity contribution in [3.8, 4) is 10.4 Å². The molecule has 0 bridgehead atoms. The highest BCUT2D eigenvalue weighted by Gasteiger charge is 2.20. The molecule has 0 radical (unpaired) electrons. The Balaban J connectivity index is 1.53. The average molecular weight is 466 g/mol. The molecule has 0 saturated carbocycles. The molecule has 0 aliphatic carbocycles. The Kier molecular flexibility index (Phi) is 8.09. The summed E-state index contributed by atoms with van der Waals surface area (Å²) in [6.45, 7) is 7.74. The van der Waals surface area contributed by atoms with E-state index in [0.29, 0.717) is 30.5 Å². The van der Waals surface area contributed by atoms with Crippen molar-refractivity contribution in [3.05, 3.63) is 61.1 Å². The highest BCUT2D eigenvalue weighted by Crippen LogP contribution is 2.30.